The second-order valence-corrected chi connectivity index (χ2v) is 13.7. The molecule has 44 heavy (non-hydrogen) atoms. The van der Waals surface area contributed by atoms with Gasteiger partial charge in [-0.25, -0.2) is 0 Å². The summed E-state index contributed by atoms with van der Waals surface area (Å²) in [6.07, 6.45) is 6.71. The summed E-state index contributed by atoms with van der Waals surface area (Å²) in [5.41, 5.74) is 2.58. The van der Waals surface area contributed by atoms with E-state index in [1.54, 1.807) is 29.2 Å². The zero-order chi connectivity index (χ0) is 31.2. The molecule has 9 heteroatoms. The van der Waals surface area contributed by atoms with E-state index in [4.69, 9.17) is 0 Å². The topological polar surface area (TPSA) is 124 Å². The first-order valence-electron chi connectivity index (χ1n) is 15.8. The van der Waals surface area contributed by atoms with Crippen LogP contribution in [0.2, 0.25) is 0 Å². The van der Waals surface area contributed by atoms with Crippen LogP contribution < -0.4 is 10.2 Å². The van der Waals surface area contributed by atoms with Gasteiger partial charge in [-0.05, 0) is 92.7 Å². The van der Waals surface area contributed by atoms with Crippen LogP contribution >= 0.6 is 0 Å². The highest BCUT2D eigenvalue weighted by atomic mass is 16.4. The van der Waals surface area contributed by atoms with Crippen LogP contribution in [0.4, 0.5) is 5.69 Å². The number of carbonyl (C=O) groups excluding carboxylic acids is 4. The third-order valence-corrected chi connectivity index (χ3v) is 10.4. The molecule has 4 saturated carbocycles. The molecule has 2 N–H and O–H groups in total. The third-order valence-electron chi connectivity index (χ3n) is 10.4. The van der Waals surface area contributed by atoms with Gasteiger partial charge in [0.1, 0.15) is 18.6 Å². The molecular weight excluding hydrogens is 558 g/mol. The van der Waals surface area contributed by atoms with Crippen LogP contribution in [0.5, 0.6) is 0 Å². The summed E-state index contributed by atoms with van der Waals surface area (Å²) in [4.78, 5) is 70.5. The van der Waals surface area contributed by atoms with Crippen LogP contribution in [0.15, 0.2) is 48.5 Å². The summed E-state index contributed by atoms with van der Waals surface area (Å²) in [6, 6.07) is 12.5. The molecule has 0 saturated heterocycles. The third kappa shape index (κ3) is 5.88. The maximum absolute atomic E-state index is 15.1. The van der Waals surface area contributed by atoms with Crippen LogP contribution in [0.3, 0.4) is 0 Å². The van der Waals surface area contributed by atoms with Crippen molar-refractivity contribution in [2.24, 2.45) is 23.2 Å². The molecule has 9 nitrogen and oxygen atoms in total. The molecule has 0 spiro atoms. The summed E-state index contributed by atoms with van der Waals surface area (Å²) in [7, 11) is 0. The number of hydrogen-bond acceptors (Lipinski definition) is 5. The number of amides is 3. The zero-order valence-corrected chi connectivity index (χ0v) is 25.5. The smallest absolute Gasteiger partial charge is 0.322 e. The van der Waals surface area contributed by atoms with Gasteiger partial charge in [-0.3, -0.25) is 24.0 Å². The molecule has 2 atom stereocenters. The van der Waals surface area contributed by atoms with Crippen LogP contribution in [0, 0.1) is 30.1 Å². The molecule has 232 valence electrons. The Bertz CT molecular complexity index is 1450. The van der Waals surface area contributed by atoms with Crippen molar-refractivity contribution in [2.45, 2.75) is 83.8 Å². The first-order valence-corrected chi connectivity index (χ1v) is 15.8. The summed E-state index contributed by atoms with van der Waals surface area (Å²) in [5, 5.41) is 11.7. The highest BCUT2D eigenvalue weighted by molar-refractivity contribution is 6.10. The number of carboxylic acids is 1. The molecule has 3 amide bonds. The molecule has 1 heterocycles. The Hall–Kier alpha value is -4.01. The molecule has 1 aliphatic heterocycles. The Kier molecular flexibility index (Phi) is 8.07. The van der Waals surface area contributed by atoms with Gasteiger partial charge >= 0.3 is 5.97 Å². The predicted molar refractivity (Wildman–Crippen MR) is 164 cm³/mol. The number of rotatable bonds is 7. The summed E-state index contributed by atoms with van der Waals surface area (Å²) in [5.74, 6) is -1.36. The molecule has 0 aromatic heterocycles. The minimum Gasteiger partial charge on any atom is -0.480 e. The lowest BCUT2D eigenvalue weighted by atomic mass is 9.48. The maximum Gasteiger partial charge on any atom is 0.322 e. The molecule has 7 rings (SSSR count). The Morgan fingerprint density at radius 1 is 0.932 bits per heavy atom. The maximum atomic E-state index is 15.1. The van der Waals surface area contributed by atoms with E-state index >= 15 is 4.79 Å². The van der Waals surface area contributed by atoms with E-state index in [9.17, 15) is 24.3 Å². The molecule has 4 bridgehead atoms. The van der Waals surface area contributed by atoms with Gasteiger partial charge in [0.2, 0.25) is 17.7 Å². The number of nitrogens with one attached hydrogen (secondary N) is 1. The van der Waals surface area contributed by atoms with Crippen molar-refractivity contribution in [3.63, 3.8) is 0 Å². The Balaban J connectivity index is 1.47. The van der Waals surface area contributed by atoms with Crippen molar-refractivity contribution in [3.8, 4) is 0 Å². The number of hydrogen-bond donors (Lipinski definition) is 2. The van der Waals surface area contributed by atoms with E-state index in [2.05, 4.69) is 5.32 Å². The van der Waals surface area contributed by atoms with Gasteiger partial charge in [-0.1, -0.05) is 42.0 Å². The largest absolute Gasteiger partial charge is 0.480 e. The second-order valence-electron chi connectivity index (χ2n) is 13.7. The van der Waals surface area contributed by atoms with Crippen molar-refractivity contribution in [1.82, 2.24) is 10.2 Å². The number of aryl methyl sites for hydroxylation is 1. The van der Waals surface area contributed by atoms with Gasteiger partial charge < -0.3 is 20.2 Å². The van der Waals surface area contributed by atoms with Crippen molar-refractivity contribution in [3.05, 3.63) is 65.2 Å². The number of ketones is 1. The van der Waals surface area contributed by atoms with E-state index in [1.165, 1.54) is 31.1 Å². The summed E-state index contributed by atoms with van der Waals surface area (Å²) >= 11 is 0. The molecular formula is C35H41N3O6. The highest BCUT2D eigenvalue weighted by Crippen LogP contribution is 2.62. The normalized spacial score (nSPS) is 29.5. The molecule has 4 aliphatic carbocycles. The molecule has 0 unspecified atom stereocenters. The number of anilines is 1. The molecule has 5 aliphatic rings. The predicted octanol–water partition coefficient (Wildman–Crippen LogP) is 4.51. The second kappa shape index (κ2) is 11.8. The first kappa shape index (κ1) is 30.0. The fraction of sp³-hybridized carbons (Fsp3) is 0.514. The van der Waals surface area contributed by atoms with Crippen molar-refractivity contribution in [2.75, 3.05) is 11.4 Å². The highest BCUT2D eigenvalue weighted by Gasteiger charge is 2.54. The average Bonchev–Trinajstić information content (AvgIpc) is 3.00. The fourth-order valence-corrected chi connectivity index (χ4v) is 9.08. The van der Waals surface area contributed by atoms with Crippen LogP contribution in [0.1, 0.15) is 79.8 Å². The molecule has 2 aromatic carbocycles. The van der Waals surface area contributed by atoms with Crippen molar-refractivity contribution >= 4 is 35.2 Å². The van der Waals surface area contributed by atoms with E-state index in [-0.39, 0.29) is 30.1 Å². The number of benzene rings is 2. The van der Waals surface area contributed by atoms with Crippen LogP contribution in [-0.2, 0) is 25.7 Å². The summed E-state index contributed by atoms with van der Waals surface area (Å²) < 4.78 is 0. The minimum absolute atomic E-state index is 0.127. The Labute approximate surface area is 258 Å². The standard InChI is InChI=1S/C35H41N3O6/c1-21-7-9-23(10-8-21)20-37-28-6-4-3-5-27(28)31(40)14-29(33(43)36-19-32(41)42)38(22(2)39)30(34(37)44)18-35-15-24-11-25(16-35)13-26(12-24)17-35/h3-10,24-26,29-30H,11-20H2,1-2H3,(H,36,43)(H,41,42)/t24?,25?,26?,29-,30+,35?/m0/s1. The number of fused-ring (bicyclic) bond motifs is 1. The van der Waals surface area contributed by atoms with Crippen LogP contribution in [0.25, 0.3) is 0 Å². The molecule has 4 fully saturated rings. The lowest BCUT2D eigenvalue weighted by molar-refractivity contribution is -0.150. The number of para-hydroxylation sites is 1. The lowest BCUT2D eigenvalue weighted by Gasteiger charge is -2.58. The number of nitrogens with zero attached hydrogens (tertiary/aromatic N) is 2. The number of carbonyl (C=O) groups is 5. The minimum atomic E-state index is -1.32. The Morgan fingerprint density at radius 3 is 2.14 bits per heavy atom. The summed E-state index contributed by atoms with van der Waals surface area (Å²) in [6.45, 7) is 2.86. The lowest BCUT2D eigenvalue weighted by Crippen LogP contribution is -2.60. The van der Waals surface area contributed by atoms with Gasteiger partial charge in [0, 0.05) is 18.9 Å². The average molecular weight is 600 g/mol. The molecule has 2 aromatic rings. The van der Waals surface area contributed by atoms with Gasteiger partial charge in [0.25, 0.3) is 0 Å². The van der Waals surface area contributed by atoms with Gasteiger partial charge in [-0.2, -0.15) is 0 Å². The van der Waals surface area contributed by atoms with Crippen LogP contribution in [-0.4, -0.2) is 58.1 Å². The Morgan fingerprint density at radius 2 is 1.55 bits per heavy atom. The van der Waals surface area contributed by atoms with Gasteiger partial charge in [0.15, 0.2) is 5.78 Å². The van der Waals surface area contributed by atoms with Gasteiger partial charge in [-0.15, -0.1) is 0 Å². The van der Waals surface area contributed by atoms with E-state index in [0.29, 0.717) is 35.4 Å². The van der Waals surface area contributed by atoms with Crippen molar-refractivity contribution < 1.29 is 29.1 Å². The van der Waals surface area contributed by atoms with Gasteiger partial charge in [0.05, 0.1) is 12.2 Å². The van der Waals surface area contributed by atoms with E-state index in [0.717, 1.165) is 30.4 Å². The SMILES string of the molecule is CC(=O)N1[C@H](CC23CC4CC(CC(C4)C2)C3)C(=O)N(Cc2ccc(C)cc2)c2ccccc2C(=O)C[C@H]1C(=O)NCC(=O)O. The van der Waals surface area contributed by atoms with E-state index < -0.39 is 36.4 Å². The quantitative estimate of drug-likeness (QED) is 0.483. The van der Waals surface area contributed by atoms with Crippen molar-refractivity contribution in [1.29, 1.82) is 0 Å². The first-order chi connectivity index (χ1) is 21.0. The fourth-order valence-electron chi connectivity index (χ4n) is 9.08. The number of Topliss-reactive ketones (excluding diaryl/α,β-unsaturated/α-hetero) is 1. The van der Waals surface area contributed by atoms with E-state index in [1.807, 2.05) is 31.2 Å². The number of aliphatic carboxylic acids is 1. The zero-order valence-electron chi connectivity index (χ0n) is 25.5. The molecule has 0 radical (unpaired) electrons. The monoisotopic (exact) mass is 599 g/mol. The number of carboxylic acid groups (broad SMARTS) is 1.